The van der Waals surface area contributed by atoms with Gasteiger partial charge < -0.3 is 9.74 Å². The standard InChI is InChI=1S/C21H27N3O/c1-15-7-8-19(16(2)9-15)13-25-23-12-20-10-18(4)21(11-17(20)3)22-14-24(5)6/h7-12,14H,13H2,1-6H3/b22-14-,23-12+. The van der Waals surface area contributed by atoms with Gasteiger partial charge in [0, 0.05) is 14.1 Å². The van der Waals surface area contributed by atoms with Crippen molar-refractivity contribution < 1.29 is 4.84 Å². The van der Waals surface area contributed by atoms with Crippen molar-refractivity contribution in [3.8, 4) is 0 Å². The minimum Gasteiger partial charge on any atom is -0.391 e. The van der Waals surface area contributed by atoms with Crippen LogP contribution in [-0.4, -0.2) is 31.5 Å². The third kappa shape index (κ3) is 5.45. The lowest BCUT2D eigenvalue weighted by atomic mass is 10.0. The highest BCUT2D eigenvalue weighted by Gasteiger charge is 2.03. The van der Waals surface area contributed by atoms with Crippen LogP contribution in [0.25, 0.3) is 0 Å². The monoisotopic (exact) mass is 337 g/mol. The van der Waals surface area contributed by atoms with E-state index in [4.69, 9.17) is 4.84 Å². The van der Waals surface area contributed by atoms with E-state index >= 15 is 0 Å². The topological polar surface area (TPSA) is 37.2 Å². The van der Waals surface area contributed by atoms with Crippen LogP contribution in [0.3, 0.4) is 0 Å². The molecule has 0 atom stereocenters. The molecule has 0 bridgehead atoms. The number of oxime groups is 1. The highest BCUT2D eigenvalue weighted by molar-refractivity contribution is 5.83. The van der Waals surface area contributed by atoms with Gasteiger partial charge in [-0.1, -0.05) is 28.9 Å². The average molecular weight is 337 g/mol. The Morgan fingerprint density at radius 2 is 1.72 bits per heavy atom. The summed E-state index contributed by atoms with van der Waals surface area (Å²) in [6.45, 7) is 8.77. The summed E-state index contributed by atoms with van der Waals surface area (Å²) in [6, 6.07) is 10.5. The van der Waals surface area contributed by atoms with Gasteiger partial charge in [0.15, 0.2) is 0 Å². The molecule has 0 radical (unpaired) electrons. The van der Waals surface area contributed by atoms with Gasteiger partial charge in [-0.15, -0.1) is 0 Å². The Balaban J connectivity index is 2.04. The molecule has 25 heavy (non-hydrogen) atoms. The lowest BCUT2D eigenvalue weighted by Crippen LogP contribution is -2.07. The molecule has 0 N–H and O–H groups in total. The smallest absolute Gasteiger partial charge is 0.142 e. The second-order valence-corrected chi connectivity index (χ2v) is 6.64. The fraction of sp³-hybridized carbons (Fsp3) is 0.333. The average Bonchev–Trinajstić information content (AvgIpc) is 2.54. The summed E-state index contributed by atoms with van der Waals surface area (Å²) in [5, 5.41) is 4.13. The van der Waals surface area contributed by atoms with E-state index in [0.29, 0.717) is 6.61 Å². The maximum absolute atomic E-state index is 5.48. The van der Waals surface area contributed by atoms with Crippen LogP contribution in [0.15, 0.2) is 40.5 Å². The summed E-state index contributed by atoms with van der Waals surface area (Å²) in [6.07, 6.45) is 3.58. The number of aliphatic imine (C=N–C) groups is 1. The van der Waals surface area contributed by atoms with E-state index in [2.05, 4.69) is 68.2 Å². The fourth-order valence-electron chi connectivity index (χ4n) is 2.49. The van der Waals surface area contributed by atoms with E-state index < -0.39 is 0 Å². The summed E-state index contributed by atoms with van der Waals surface area (Å²) in [5.74, 6) is 0. The summed E-state index contributed by atoms with van der Waals surface area (Å²) in [7, 11) is 3.92. The van der Waals surface area contributed by atoms with Crippen molar-refractivity contribution in [3.05, 3.63) is 63.7 Å². The van der Waals surface area contributed by atoms with Gasteiger partial charge in [0.25, 0.3) is 0 Å². The van der Waals surface area contributed by atoms with Crippen molar-refractivity contribution in [2.24, 2.45) is 10.1 Å². The first-order chi connectivity index (χ1) is 11.9. The number of benzene rings is 2. The number of nitrogens with zero attached hydrogens (tertiary/aromatic N) is 3. The predicted octanol–water partition coefficient (Wildman–Crippen LogP) is 4.69. The molecule has 2 aromatic rings. The minimum atomic E-state index is 0.478. The van der Waals surface area contributed by atoms with E-state index in [0.717, 1.165) is 27.9 Å². The van der Waals surface area contributed by atoms with Gasteiger partial charge >= 0.3 is 0 Å². The molecular formula is C21H27N3O. The highest BCUT2D eigenvalue weighted by Crippen LogP contribution is 2.22. The quantitative estimate of drug-likeness (QED) is 0.435. The molecule has 0 aliphatic carbocycles. The van der Waals surface area contributed by atoms with Crippen LogP contribution in [0.2, 0.25) is 0 Å². The second-order valence-electron chi connectivity index (χ2n) is 6.64. The summed E-state index contributed by atoms with van der Waals surface area (Å²) in [5.41, 5.74) is 7.89. The molecule has 0 saturated heterocycles. The molecule has 2 rings (SSSR count). The maximum atomic E-state index is 5.48. The van der Waals surface area contributed by atoms with Crippen LogP contribution in [0.4, 0.5) is 5.69 Å². The Morgan fingerprint density at radius 1 is 0.960 bits per heavy atom. The van der Waals surface area contributed by atoms with Gasteiger partial charge in [-0.2, -0.15) is 0 Å². The molecule has 0 amide bonds. The molecule has 0 heterocycles. The van der Waals surface area contributed by atoms with Crippen LogP contribution in [0.1, 0.15) is 33.4 Å². The summed E-state index contributed by atoms with van der Waals surface area (Å²) >= 11 is 0. The van der Waals surface area contributed by atoms with Crippen LogP contribution in [0.5, 0.6) is 0 Å². The molecule has 0 saturated carbocycles. The molecule has 0 unspecified atom stereocenters. The van der Waals surface area contributed by atoms with E-state index in [1.165, 1.54) is 11.1 Å². The van der Waals surface area contributed by atoms with E-state index in [1.807, 2.05) is 25.3 Å². The number of hydrogen-bond donors (Lipinski definition) is 0. The van der Waals surface area contributed by atoms with Gasteiger partial charge in [0.2, 0.25) is 0 Å². The molecule has 0 aliphatic heterocycles. The van der Waals surface area contributed by atoms with Crippen molar-refractivity contribution in [2.45, 2.75) is 34.3 Å². The van der Waals surface area contributed by atoms with Crippen molar-refractivity contribution in [2.75, 3.05) is 14.1 Å². The minimum absolute atomic E-state index is 0.478. The molecule has 0 fully saturated rings. The second kappa shape index (κ2) is 8.47. The fourth-order valence-corrected chi connectivity index (χ4v) is 2.49. The number of hydrogen-bond acceptors (Lipinski definition) is 3. The first-order valence-electron chi connectivity index (χ1n) is 8.40. The van der Waals surface area contributed by atoms with Crippen LogP contribution in [0, 0.1) is 27.7 Å². The predicted molar refractivity (Wildman–Crippen MR) is 106 cm³/mol. The zero-order valence-electron chi connectivity index (χ0n) is 16.0. The normalized spacial score (nSPS) is 11.4. The molecule has 4 nitrogen and oxygen atoms in total. The Hall–Kier alpha value is -2.62. The van der Waals surface area contributed by atoms with Gasteiger partial charge in [0.05, 0.1) is 18.2 Å². The van der Waals surface area contributed by atoms with Crippen molar-refractivity contribution in [3.63, 3.8) is 0 Å². The van der Waals surface area contributed by atoms with Gasteiger partial charge in [-0.3, -0.25) is 0 Å². The zero-order chi connectivity index (χ0) is 18.4. The van der Waals surface area contributed by atoms with Crippen molar-refractivity contribution in [1.82, 2.24) is 4.90 Å². The largest absolute Gasteiger partial charge is 0.391 e. The molecule has 0 aliphatic rings. The highest BCUT2D eigenvalue weighted by atomic mass is 16.6. The van der Waals surface area contributed by atoms with Crippen molar-refractivity contribution in [1.29, 1.82) is 0 Å². The third-order valence-corrected chi connectivity index (χ3v) is 4.00. The first kappa shape index (κ1) is 18.7. The van der Waals surface area contributed by atoms with E-state index in [1.54, 1.807) is 6.21 Å². The SMILES string of the molecule is Cc1ccc(CO/N=C/c2cc(C)c(/N=C\N(C)C)cc2C)c(C)c1. The van der Waals surface area contributed by atoms with E-state index in [9.17, 15) is 0 Å². The Kier molecular flexibility index (Phi) is 6.34. The molecule has 132 valence electrons. The van der Waals surface area contributed by atoms with Crippen LogP contribution >= 0.6 is 0 Å². The van der Waals surface area contributed by atoms with E-state index in [-0.39, 0.29) is 0 Å². The first-order valence-corrected chi connectivity index (χ1v) is 8.40. The number of rotatable bonds is 6. The third-order valence-electron chi connectivity index (χ3n) is 4.00. The Bertz CT molecular complexity index is 792. The molecular weight excluding hydrogens is 310 g/mol. The van der Waals surface area contributed by atoms with Gasteiger partial charge in [-0.25, -0.2) is 4.99 Å². The van der Waals surface area contributed by atoms with Crippen LogP contribution < -0.4 is 0 Å². The van der Waals surface area contributed by atoms with Gasteiger partial charge in [0.1, 0.15) is 6.61 Å². The molecule has 0 spiro atoms. The Morgan fingerprint density at radius 3 is 2.40 bits per heavy atom. The van der Waals surface area contributed by atoms with Crippen molar-refractivity contribution >= 4 is 18.2 Å². The summed E-state index contributed by atoms with van der Waals surface area (Å²) in [4.78, 5) is 11.9. The lowest BCUT2D eigenvalue weighted by Gasteiger charge is -2.08. The summed E-state index contributed by atoms with van der Waals surface area (Å²) < 4.78 is 0. The molecule has 0 aromatic heterocycles. The van der Waals surface area contributed by atoms with Gasteiger partial charge in [-0.05, 0) is 67.6 Å². The molecule has 2 aromatic carbocycles. The molecule has 4 heteroatoms. The number of aryl methyl sites for hydroxylation is 4. The lowest BCUT2D eigenvalue weighted by molar-refractivity contribution is 0.131. The maximum Gasteiger partial charge on any atom is 0.142 e. The Labute approximate surface area is 150 Å². The zero-order valence-corrected chi connectivity index (χ0v) is 16.0. The van der Waals surface area contributed by atoms with Crippen LogP contribution in [-0.2, 0) is 11.4 Å².